The Bertz CT molecular complexity index is 854. The van der Waals surface area contributed by atoms with Crippen LogP contribution < -0.4 is 5.32 Å². The van der Waals surface area contributed by atoms with Crippen molar-refractivity contribution in [1.29, 1.82) is 0 Å². The molecule has 0 amide bonds. The number of imidazole rings is 1. The van der Waals surface area contributed by atoms with Crippen molar-refractivity contribution in [3.8, 4) is 0 Å². The number of nitrogens with one attached hydrogen (secondary N) is 1. The van der Waals surface area contributed by atoms with Crippen LogP contribution in [-0.2, 0) is 24.9 Å². The molecular formula is C20H25N5O. The fourth-order valence-electron chi connectivity index (χ4n) is 3.66. The Labute approximate surface area is 153 Å². The topological polar surface area (TPSA) is 56.9 Å². The Morgan fingerprint density at radius 2 is 2.12 bits per heavy atom. The van der Waals surface area contributed by atoms with Crippen molar-refractivity contribution in [2.75, 3.05) is 6.61 Å². The molecule has 26 heavy (non-hydrogen) atoms. The summed E-state index contributed by atoms with van der Waals surface area (Å²) >= 11 is 0. The first kappa shape index (κ1) is 17.0. The third-order valence-corrected chi connectivity index (χ3v) is 4.97. The van der Waals surface area contributed by atoms with Crippen LogP contribution in [0.25, 0.3) is 0 Å². The van der Waals surface area contributed by atoms with Crippen LogP contribution in [0.4, 0.5) is 0 Å². The molecule has 1 saturated heterocycles. The zero-order chi connectivity index (χ0) is 17.9. The second-order valence-electron chi connectivity index (χ2n) is 6.87. The van der Waals surface area contributed by atoms with Gasteiger partial charge in [0.15, 0.2) is 0 Å². The maximum Gasteiger partial charge on any atom is 0.122 e. The third-order valence-electron chi connectivity index (χ3n) is 4.97. The van der Waals surface area contributed by atoms with E-state index < -0.39 is 0 Å². The summed E-state index contributed by atoms with van der Waals surface area (Å²) in [5.74, 6) is 1.04. The molecule has 136 valence electrons. The number of rotatable bonds is 6. The molecule has 1 aliphatic heterocycles. The lowest BCUT2D eigenvalue weighted by atomic mass is 10.0. The molecule has 6 heteroatoms. The molecule has 0 unspecified atom stereocenters. The van der Waals surface area contributed by atoms with Gasteiger partial charge in [0.25, 0.3) is 0 Å². The van der Waals surface area contributed by atoms with E-state index in [1.54, 1.807) is 0 Å². The van der Waals surface area contributed by atoms with E-state index in [2.05, 4.69) is 50.4 Å². The Hall–Kier alpha value is -2.44. The molecule has 2 atom stereocenters. The molecule has 6 nitrogen and oxygen atoms in total. The number of nitrogens with zero attached hydrogens (tertiary/aromatic N) is 4. The first-order chi connectivity index (χ1) is 12.7. The van der Waals surface area contributed by atoms with Gasteiger partial charge in [-0.2, -0.15) is 5.10 Å². The van der Waals surface area contributed by atoms with Crippen molar-refractivity contribution < 1.29 is 4.74 Å². The molecule has 3 aromatic rings. The van der Waals surface area contributed by atoms with Gasteiger partial charge in [-0.15, -0.1) is 0 Å². The first-order valence-corrected chi connectivity index (χ1v) is 9.10. The van der Waals surface area contributed by atoms with Gasteiger partial charge in [0.2, 0.25) is 0 Å². The van der Waals surface area contributed by atoms with Gasteiger partial charge in [0.05, 0.1) is 12.2 Å². The van der Waals surface area contributed by atoms with Crippen LogP contribution in [0, 0.1) is 6.92 Å². The normalized spacial score (nSPS) is 19.9. The van der Waals surface area contributed by atoms with Gasteiger partial charge in [-0.3, -0.25) is 4.68 Å². The third kappa shape index (κ3) is 3.57. The average molecular weight is 351 g/mol. The Kier molecular flexibility index (Phi) is 4.86. The molecule has 1 N–H and O–H groups in total. The van der Waals surface area contributed by atoms with Crippen molar-refractivity contribution in [2.45, 2.75) is 38.6 Å². The second-order valence-corrected chi connectivity index (χ2v) is 6.87. The van der Waals surface area contributed by atoms with E-state index in [1.165, 1.54) is 11.1 Å². The van der Waals surface area contributed by atoms with Gasteiger partial charge in [0.1, 0.15) is 11.9 Å². The summed E-state index contributed by atoms with van der Waals surface area (Å²) < 4.78 is 10.1. The Morgan fingerprint density at radius 1 is 1.27 bits per heavy atom. The SMILES string of the molecule is Cc1nn(C)cc1[C@H]1OCC[C@@H]1NCc1nccn1Cc1ccccc1. The molecule has 1 aromatic carbocycles. The number of aromatic nitrogens is 4. The van der Waals surface area contributed by atoms with E-state index in [4.69, 9.17) is 4.74 Å². The molecule has 0 aliphatic carbocycles. The van der Waals surface area contributed by atoms with Crippen molar-refractivity contribution in [3.05, 3.63) is 71.6 Å². The van der Waals surface area contributed by atoms with Crippen LogP contribution in [0.15, 0.2) is 48.9 Å². The fourth-order valence-corrected chi connectivity index (χ4v) is 3.66. The lowest BCUT2D eigenvalue weighted by Crippen LogP contribution is -2.32. The molecule has 2 aromatic heterocycles. The summed E-state index contributed by atoms with van der Waals surface area (Å²) in [5, 5.41) is 8.10. The van der Waals surface area contributed by atoms with Gasteiger partial charge in [-0.25, -0.2) is 4.98 Å². The Morgan fingerprint density at radius 3 is 2.88 bits per heavy atom. The van der Waals surface area contributed by atoms with Gasteiger partial charge in [-0.1, -0.05) is 30.3 Å². The van der Waals surface area contributed by atoms with E-state index in [9.17, 15) is 0 Å². The maximum absolute atomic E-state index is 6.00. The predicted octanol–water partition coefficient (Wildman–Crippen LogP) is 2.59. The van der Waals surface area contributed by atoms with Crippen molar-refractivity contribution in [2.24, 2.45) is 7.05 Å². The standard InChI is InChI=1S/C20H25N5O/c1-15-17(14-24(2)23-15)20-18(8-11-26-20)22-12-19-21-9-10-25(19)13-16-6-4-3-5-7-16/h3-7,9-10,14,18,20,22H,8,11-13H2,1-2H3/t18-,20+/m0/s1. The smallest absolute Gasteiger partial charge is 0.122 e. The van der Waals surface area contributed by atoms with Crippen molar-refractivity contribution >= 4 is 0 Å². The maximum atomic E-state index is 6.00. The monoisotopic (exact) mass is 351 g/mol. The summed E-state index contributed by atoms with van der Waals surface area (Å²) in [7, 11) is 1.95. The summed E-state index contributed by atoms with van der Waals surface area (Å²) in [6.45, 7) is 4.38. The highest BCUT2D eigenvalue weighted by atomic mass is 16.5. The van der Waals surface area contributed by atoms with Gasteiger partial charge in [-0.05, 0) is 18.9 Å². The number of aryl methyl sites for hydroxylation is 2. The van der Waals surface area contributed by atoms with Crippen molar-refractivity contribution in [1.82, 2.24) is 24.6 Å². The van der Waals surface area contributed by atoms with E-state index in [1.807, 2.05) is 37.1 Å². The van der Waals surface area contributed by atoms with E-state index in [-0.39, 0.29) is 12.1 Å². The lowest BCUT2D eigenvalue weighted by Gasteiger charge is -2.20. The summed E-state index contributed by atoms with van der Waals surface area (Å²) in [4.78, 5) is 4.54. The Balaban J connectivity index is 1.43. The summed E-state index contributed by atoms with van der Waals surface area (Å²) in [6, 6.07) is 10.7. The van der Waals surface area contributed by atoms with Gasteiger partial charge in [0, 0.05) is 50.4 Å². The van der Waals surface area contributed by atoms with Crippen LogP contribution in [0.2, 0.25) is 0 Å². The minimum Gasteiger partial charge on any atom is -0.372 e. The van der Waals surface area contributed by atoms with Crippen LogP contribution >= 0.6 is 0 Å². The van der Waals surface area contributed by atoms with E-state index in [0.717, 1.165) is 37.6 Å². The molecule has 1 aliphatic rings. The van der Waals surface area contributed by atoms with E-state index >= 15 is 0 Å². The number of benzene rings is 1. The average Bonchev–Trinajstić information content (AvgIpc) is 3.34. The highest BCUT2D eigenvalue weighted by molar-refractivity contribution is 5.21. The zero-order valence-electron chi connectivity index (χ0n) is 15.3. The minimum atomic E-state index is 0.0567. The summed E-state index contributed by atoms with van der Waals surface area (Å²) in [5.41, 5.74) is 3.49. The molecule has 3 heterocycles. The summed E-state index contributed by atoms with van der Waals surface area (Å²) in [6.07, 6.45) is 7.03. The number of hydrogen-bond donors (Lipinski definition) is 1. The molecule has 0 spiro atoms. The van der Waals surface area contributed by atoms with Crippen LogP contribution in [-0.4, -0.2) is 32.0 Å². The molecular weight excluding hydrogens is 326 g/mol. The quantitative estimate of drug-likeness (QED) is 0.742. The molecule has 0 radical (unpaired) electrons. The predicted molar refractivity (Wildman–Crippen MR) is 99.7 cm³/mol. The van der Waals surface area contributed by atoms with Gasteiger partial charge >= 0.3 is 0 Å². The van der Waals surface area contributed by atoms with Crippen LogP contribution in [0.5, 0.6) is 0 Å². The zero-order valence-corrected chi connectivity index (χ0v) is 15.3. The largest absolute Gasteiger partial charge is 0.372 e. The highest BCUT2D eigenvalue weighted by Gasteiger charge is 2.31. The van der Waals surface area contributed by atoms with Crippen LogP contribution in [0.3, 0.4) is 0 Å². The van der Waals surface area contributed by atoms with Gasteiger partial charge < -0.3 is 14.6 Å². The molecule has 1 fully saturated rings. The van der Waals surface area contributed by atoms with Crippen LogP contribution in [0.1, 0.15) is 35.2 Å². The number of ether oxygens (including phenoxy) is 1. The molecule has 0 saturated carbocycles. The highest BCUT2D eigenvalue weighted by Crippen LogP contribution is 2.30. The van der Waals surface area contributed by atoms with E-state index in [0.29, 0.717) is 0 Å². The first-order valence-electron chi connectivity index (χ1n) is 9.10. The second kappa shape index (κ2) is 7.43. The fraction of sp³-hybridized carbons (Fsp3) is 0.400. The molecule has 4 rings (SSSR count). The lowest BCUT2D eigenvalue weighted by molar-refractivity contribution is 0.0977. The number of hydrogen-bond acceptors (Lipinski definition) is 4. The molecule has 0 bridgehead atoms. The van der Waals surface area contributed by atoms with Crippen molar-refractivity contribution in [3.63, 3.8) is 0 Å². The minimum absolute atomic E-state index is 0.0567.